The van der Waals surface area contributed by atoms with Gasteiger partial charge in [-0.05, 0) is 37.8 Å². The second-order valence-electron chi connectivity index (χ2n) is 6.46. The molecule has 2 N–H and O–H groups in total. The second-order valence-corrected chi connectivity index (χ2v) is 6.46. The maximum Gasteiger partial charge on any atom is 0.317 e. The van der Waals surface area contributed by atoms with Crippen molar-refractivity contribution < 1.29 is 9.53 Å². The van der Waals surface area contributed by atoms with Crippen LogP contribution < -0.4 is 5.32 Å². The highest BCUT2D eigenvalue weighted by Crippen LogP contribution is 2.21. The van der Waals surface area contributed by atoms with Crippen LogP contribution in [0.5, 0.6) is 0 Å². The molecule has 25 heavy (non-hydrogen) atoms. The third-order valence-corrected chi connectivity index (χ3v) is 4.69. The maximum atomic E-state index is 12.4. The van der Waals surface area contributed by atoms with Gasteiger partial charge in [-0.3, -0.25) is 5.10 Å². The zero-order valence-electron chi connectivity index (χ0n) is 14.9. The molecule has 134 valence electrons. The van der Waals surface area contributed by atoms with Crippen LogP contribution in [0.2, 0.25) is 0 Å². The summed E-state index contributed by atoms with van der Waals surface area (Å²) in [5, 5.41) is 10.2. The van der Waals surface area contributed by atoms with Crippen molar-refractivity contribution in [3.63, 3.8) is 0 Å². The Morgan fingerprint density at radius 2 is 2.16 bits per heavy atom. The minimum absolute atomic E-state index is 0.00938. The van der Waals surface area contributed by atoms with E-state index in [1.807, 2.05) is 49.1 Å². The summed E-state index contributed by atoms with van der Waals surface area (Å²) in [6, 6.07) is 10.1. The van der Waals surface area contributed by atoms with Crippen LogP contribution in [0.3, 0.4) is 0 Å². The van der Waals surface area contributed by atoms with Crippen LogP contribution in [-0.2, 0) is 11.2 Å². The minimum atomic E-state index is -0.0445. The number of amides is 2. The molecule has 0 aliphatic carbocycles. The van der Waals surface area contributed by atoms with Crippen LogP contribution in [0.25, 0.3) is 0 Å². The first-order valence-electron chi connectivity index (χ1n) is 8.85. The largest absolute Gasteiger partial charge is 0.370 e. The fourth-order valence-electron chi connectivity index (χ4n) is 3.22. The van der Waals surface area contributed by atoms with Crippen molar-refractivity contribution in [3.8, 4) is 0 Å². The summed E-state index contributed by atoms with van der Waals surface area (Å²) in [6.07, 6.45) is 1.78. The number of aromatic nitrogens is 2. The van der Waals surface area contributed by atoms with Gasteiger partial charge in [-0.15, -0.1) is 0 Å². The number of hydrogen-bond donors (Lipinski definition) is 2. The average molecular weight is 342 g/mol. The lowest BCUT2D eigenvalue weighted by molar-refractivity contribution is -0.0154. The predicted octanol–water partition coefficient (Wildman–Crippen LogP) is 2.74. The molecular formula is C19H26N4O2. The first-order chi connectivity index (χ1) is 12.1. The number of ether oxygens (including phenoxy) is 1. The number of aryl methyl sites for hydroxylation is 2. The summed E-state index contributed by atoms with van der Waals surface area (Å²) in [5.41, 5.74) is 4.53. The number of nitrogens with one attached hydrogen (secondary N) is 2. The van der Waals surface area contributed by atoms with Gasteiger partial charge in [0.1, 0.15) is 6.10 Å². The molecule has 0 radical (unpaired) electrons. The van der Waals surface area contributed by atoms with Gasteiger partial charge in [0.05, 0.1) is 18.8 Å². The molecule has 1 aliphatic rings. The van der Waals surface area contributed by atoms with Crippen molar-refractivity contribution in [2.75, 3.05) is 26.2 Å². The fraction of sp³-hybridized carbons (Fsp3) is 0.474. The first kappa shape index (κ1) is 17.5. The fourth-order valence-corrected chi connectivity index (χ4v) is 3.22. The Morgan fingerprint density at radius 1 is 1.36 bits per heavy atom. The molecule has 3 rings (SSSR count). The Morgan fingerprint density at radius 3 is 2.88 bits per heavy atom. The van der Waals surface area contributed by atoms with Gasteiger partial charge in [0, 0.05) is 18.8 Å². The summed E-state index contributed by atoms with van der Waals surface area (Å²) in [4.78, 5) is 14.3. The molecule has 0 unspecified atom stereocenters. The Kier molecular flexibility index (Phi) is 5.71. The van der Waals surface area contributed by atoms with Crippen molar-refractivity contribution in [1.29, 1.82) is 0 Å². The van der Waals surface area contributed by atoms with Gasteiger partial charge in [-0.2, -0.15) is 5.10 Å². The number of carbonyl (C=O) groups excluding carboxylic acids is 1. The van der Waals surface area contributed by atoms with E-state index in [4.69, 9.17) is 4.74 Å². The summed E-state index contributed by atoms with van der Waals surface area (Å²) in [7, 11) is 0. The predicted molar refractivity (Wildman–Crippen MR) is 96.5 cm³/mol. The third kappa shape index (κ3) is 4.39. The molecule has 2 amide bonds. The lowest BCUT2D eigenvalue weighted by Crippen LogP contribution is -2.47. The summed E-state index contributed by atoms with van der Waals surface area (Å²) in [6.45, 7) is 6.50. The van der Waals surface area contributed by atoms with E-state index in [0.717, 1.165) is 29.8 Å². The normalized spacial score (nSPS) is 17.5. The standard InChI is InChI=1S/C19H26N4O2/c1-14-17(15(2)22-21-14)9-6-10-20-19(24)23-11-12-25-18(13-23)16-7-4-3-5-8-16/h3-5,7-8,18H,6,9-13H2,1-2H3,(H,20,24)(H,21,22)/t18-/m0/s1. The quantitative estimate of drug-likeness (QED) is 0.821. The SMILES string of the molecule is Cc1n[nH]c(C)c1CCCNC(=O)N1CCO[C@H](c2ccccc2)C1. The molecular weight excluding hydrogens is 316 g/mol. The molecule has 2 aromatic rings. The number of rotatable bonds is 5. The van der Waals surface area contributed by atoms with E-state index in [2.05, 4.69) is 15.5 Å². The zero-order valence-corrected chi connectivity index (χ0v) is 14.9. The van der Waals surface area contributed by atoms with E-state index >= 15 is 0 Å². The van der Waals surface area contributed by atoms with Crippen LogP contribution >= 0.6 is 0 Å². The van der Waals surface area contributed by atoms with Crippen LogP contribution in [-0.4, -0.2) is 47.4 Å². The van der Waals surface area contributed by atoms with Gasteiger partial charge >= 0.3 is 6.03 Å². The zero-order chi connectivity index (χ0) is 17.6. The number of hydrogen-bond acceptors (Lipinski definition) is 3. The van der Waals surface area contributed by atoms with Crippen molar-refractivity contribution in [2.24, 2.45) is 0 Å². The molecule has 1 saturated heterocycles. The third-order valence-electron chi connectivity index (χ3n) is 4.69. The van der Waals surface area contributed by atoms with E-state index in [9.17, 15) is 4.79 Å². The molecule has 1 fully saturated rings. The highest BCUT2D eigenvalue weighted by atomic mass is 16.5. The minimum Gasteiger partial charge on any atom is -0.370 e. The van der Waals surface area contributed by atoms with Crippen LogP contribution in [0.15, 0.2) is 30.3 Å². The van der Waals surface area contributed by atoms with Gasteiger partial charge < -0.3 is 15.0 Å². The summed E-state index contributed by atoms with van der Waals surface area (Å²) < 4.78 is 5.81. The van der Waals surface area contributed by atoms with Crippen LogP contribution in [0.4, 0.5) is 4.79 Å². The molecule has 0 saturated carbocycles. The van der Waals surface area contributed by atoms with Gasteiger partial charge in [0.2, 0.25) is 0 Å². The molecule has 0 bridgehead atoms. The van der Waals surface area contributed by atoms with E-state index in [1.54, 1.807) is 0 Å². The number of morpholine rings is 1. The molecule has 2 heterocycles. The summed E-state index contributed by atoms with van der Waals surface area (Å²) in [5.74, 6) is 0. The van der Waals surface area contributed by atoms with E-state index in [0.29, 0.717) is 26.2 Å². The van der Waals surface area contributed by atoms with Gasteiger partial charge in [0.25, 0.3) is 0 Å². The topological polar surface area (TPSA) is 70.2 Å². The number of benzene rings is 1. The summed E-state index contributed by atoms with van der Waals surface area (Å²) >= 11 is 0. The molecule has 6 nitrogen and oxygen atoms in total. The van der Waals surface area contributed by atoms with Gasteiger partial charge in [-0.1, -0.05) is 30.3 Å². The van der Waals surface area contributed by atoms with E-state index in [-0.39, 0.29) is 12.1 Å². The number of nitrogens with zero attached hydrogens (tertiary/aromatic N) is 2. The molecule has 0 spiro atoms. The van der Waals surface area contributed by atoms with Crippen molar-refractivity contribution in [2.45, 2.75) is 32.8 Å². The average Bonchev–Trinajstić information content (AvgIpc) is 2.97. The van der Waals surface area contributed by atoms with Gasteiger partial charge in [-0.25, -0.2) is 4.79 Å². The number of carbonyl (C=O) groups is 1. The smallest absolute Gasteiger partial charge is 0.317 e. The Bertz CT molecular complexity index is 679. The molecule has 1 aromatic carbocycles. The van der Waals surface area contributed by atoms with Crippen molar-refractivity contribution in [3.05, 3.63) is 52.8 Å². The monoisotopic (exact) mass is 342 g/mol. The highest BCUT2D eigenvalue weighted by molar-refractivity contribution is 5.74. The van der Waals surface area contributed by atoms with Crippen molar-refractivity contribution in [1.82, 2.24) is 20.4 Å². The first-order valence-corrected chi connectivity index (χ1v) is 8.85. The maximum absolute atomic E-state index is 12.4. The van der Waals surface area contributed by atoms with Crippen molar-refractivity contribution >= 4 is 6.03 Å². The van der Waals surface area contributed by atoms with Crippen LogP contribution in [0.1, 0.15) is 35.0 Å². The lowest BCUT2D eigenvalue weighted by Gasteiger charge is -2.33. The second kappa shape index (κ2) is 8.16. The molecule has 1 atom stereocenters. The molecule has 1 aliphatic heterocycles. The Balaban J connectivity index is 1.45. The number of H-pyrrole nitrogens is 1. The molecule has 1 aromatic heterocycles. The van der Waals surface area contributed by atoms with Gasteiger partial charge in [0.15, 0.2) is 0 Å². The Labute approximate surface area is 148 Å². The lowest BCUT2D eigenvalue weighted by atomic mass is 10.1. The number of urea groups is 1. The highest BCUT2D eigenvalue weighted by Gasteiger charge is 2.25. The Hall–Kier alpha value is -2.34. The molecule has 6 heteroatoms. The number of aromatic amines is 1. The van der Waals surface area contributed by atoms with E-state index < -0.39 is 0 Å². The van der Waals surface area contributed by atoms with Crippen LogP contribution in [0, 0.1) is 13.8 Å². The van der Waals surface area contributed by atoms with E-state index in [1.165, 1.54) is 5.56 Å².